The number of carbonyl (C=O) groups excluding carboxylic acids is 2. The summed E-state index contributed by atoms with van der Waals surface area (Å²) in [4.78, 5) is 23.8. The zero-order chi connectivity index (χ0) is 18.9. The lowest BCUT2D eigenvalue weighted by Crippen LogP contribution is -2.25. The van der Waals surface area contributed by atoms with Crippen LogP contribution in [0.25, 0.3) is 0 Å². The minimum Gasteiger partial charge on any atom is -0.493 e. The van der Waals surface area contributed by atoms with Crippen LogP contribution in [0.3, 0.4) is 0 Å². The first kappa shape index (κ1) is 19.3. The number of anilines is 1. The van der Waals surface area contributed by atoms with E-state index in [0.717, 1.165) is 5.56 Å². The van der Waals surface area contributed by atoms with Crippen molar-refractivity contribution in [1.82, 2.24) is 5.32 Å². The first-order valence-corrected chi connectivity index (χ1v) is 8.46. The standard InChI is InChI=1S/C20H24N2O4/c1-4-19(23)22-16-7-5-6-15(13-16)20(24)21-11-10-14-8-9-17(25-2)18(12-14)26-3/h5-9,12-13H,4,10-11H2,1-3H3,(H,21,24)(H,22,23). The Kier molecular flexibility index (Phi) is 7.02. The maximum Gasteiger partial charge on any atom is 0.251 e. The molecule has 0 aliphatic rings. The van der Waals surface area contributed by atoms with Crippen LogP contribution in [0, 0.1) is 0 Å². The number of methoxy groups -OCH3 is 2. The van der Waals surface area contributed by atoms with Gasteiger partial charge in [0.1, 0.15) is 0 Å². The van der Waals surface area contributed by atoms with Gasteiger partial charge in [-0.25, -0.2) is 0 Å². The minimum atomic E-state index is -0.182. The molecule has 0 heterocycles. The summed E-state index contributed by atoms with van der Waals surface area (Å²) >= 11 is 0. The Hall–Kier alpha value is -3.02. The van der Waals surface area contributed by atoms with Gasteiger partial charge in [-0.05, 0) is 42.3 Å². The highest BCUT2D eigenvalue weighted by atomic mass is 16.5. The molecule has 0 radical (unpaired) electrons. The Morgan fingerprint density at radius 3 is 2.46 bits per heavy atom. The van der Waals surface area contributed by atoms with Crippen LogP contribution in [0.4, 0.5) is 5.69 Å². The predicted molar refractivity (Wildman–Crippen MR) is 101 cm³/mol. The van der Waals surface area contributed by atoms with Gasteiger partial charge < -0.3 is 20.1 Å². The van der Waals surface area contributed by atoms with Crippen LogP contribution in [-0.2, 0) is 11.2 Å². The molecule has 2 aromatic rings. The zero-order valence-corrected chi connectivity index (χ0v) is 15.3. The molecule has 0 spiro atoms. The Morgan fingerprint density at radius 1 is 1.00 bits per heavy atom. The normalized spacial score (nSPS) is 10.1. The van der Waals surface area contributed by atoms with Gasteiger partial charge in [-0.15, -0.1) is 0 Å². The van der Waals surface area contributed by atoms with Crippen molar-refractivity contribution in [2.75, 3.05) is 26.1 Å². The van der Waals surface area contributed by atoms with Gasteiger partial charge in [0.2, 0.25) is 5.91 Å². The fourth-order valence-electron chi connectivity index (χ4n) is 2.45. The second-order valence-electron chi connectivity index (χ2n) is 5.68. The third-order valence-corrected chi connectivity index (χ3v) is 3.88. The van der Waals surface area contributed by atoms with Crippen LogP contribution in [0.5, 0.6) is 11.5 Å². The topological polar surface area (TPSA) is 76.7 Å². The largest absolute Gasteiger partial charge is 0.493 e. The minimum absolute atomic E-state index is 0.0870. The first-order chi connectivity index (χ1) is 12.6. The second-order valence-corrected chi connectivity index (χ2v) is 5.68. The number of carbonyl (C=O) groups is 2. The van der Waals surface area contributed by atoms with Crippen LogP contribution >= 0.6 is 0 Å². The van der Waals surface area contributed by atoms with Gasteiger partial charge in [0.25, 0.3) is 5.91 Å². The van der Waals surface area contributed by atoms with Crippen LogP contribution in [0.2, 0.25) is 0 Å². The number of hydrogen-bond donors (Lipinski definition) is 2. The molecule has 0 saturated heterocycles. The van der Waals surface area contributed by atoms with Crippen molar-refractivity contribution in [3.05, 3.63) is 53.6 Å². The Bertz CT molecular complexity index is 774. The summed E-state index contributed by atoms with van der Waals surface area (Å²) in [5.41, 5.74) is 2.16. The van der Waals surface area contributed by atoms with Gasteiger partial charge in [-0.3, -0.25) is 9.59 Å². The molecule has 0 aliphatic heterocycles. The van der Waals surface area contributed by atoms with E-state index < -0.39 is 0 Å². The van der Waals surface area contributed by atoms with Crippen LogP contribution < -0.4 is 20.1 Å². The van der Waals surface area contributed by atoms with Crippen molar-refractivity contribution >= 4 is 17.5 Å². The fourth-order valence-corrected chi connectivity index (χ4v) is 2.45. The molecule has 0 unspecified atom stereocenters. The molecule has 0 fully saturated rings. The molecule has 2 N–H and O–H groups in total. The molecule has 0 atom stereocenters. The van der Waals surface area contributed by atoms with E-state index in [1.54, 1.807) is 45.4 Å². The SMILES string of the molecule is CCC(=O)Nc1cccc(C(=O)NCCc2ccc(OC)c(OC)c2)c1. The molecule has 0 bridgehead atoms. The van der Waals surface area contributed by atoms with Gasteiger partial charge >= 0.3 is 0 Å². The Balaban J connectivity index is 1.93. The van der Waals surface area contributed by atoms with Gasteiger partial charge in [0.05, 0.1) is 14.2 Å². The van der Waals surface area contributed by atoms with Gasteiger partial charge in [-0.1, -0.05) is 19.1 Å². The summed E-state index contributed by atoms with van der Waals surface area (Å²) in [5, 5.41) is 5.63. The zero-order valence-electron chi connectivity index (χ0n) is 15.3. The molecule has 0 aromatic heterocycles. The average Bonchev–Trinajstić information content (AvgIpc) is 2.67. The highest BCUT2D eigenvalue weighted by Gasteiger charge is 2.08. The Morgan fingerprint density at radius 2 is 1.77 bits per heavy atom. The molecule has 0 aliphatic carbocycles. The van der Waals surface area contributed by atoms with E-state index in [4.69, 9.17) is 9.47 Å². The molecule has 2 amide bonds. The predicted octanol–water partition coefficient (Wildman–Crippen LogP) is 3.02. The van der Waals surface area contributed by atoms with Crippen molar-refractivity contribution in [3.63, 3.8) is 0 Å². The molecule has 6 heteroatoms. The maximum atomic E-state index is 12.3. The van der Waals surface area contributed by atoms with Crippen molar-refractivity contribution in [1.29, 1.82) is 0 Å². The summed E-state index contributed by atoms with van der Waals surface area (Å²) in [7, 11) is 3.18. The van der Waals surface area contributed by atoms with Gasteiger partial charge in [0, 0.05) is 24.2 Å². The quantitative estimate of drug-likeness (QED) is 0.762. The lowest BCUT2D eigenvalue weighted by molar-refractivity contribution is -0.115. The summed E-state index contributed by atoms with van der Waals surface area (Å²) in [6, 6.07) is 12.6. The molecule has 0 saturated carbocycles. The van der Waals surface area contributed by atoms with E-state index in [1.165, 1.54) is 0 Å². The number of ether oxygens (including phenoxy) is 2. The number of benzene rings is 2. The summed E-state index contributed by atoms with van der Waals surface area (Å²) in [6.45, 7) is 2.26. The van der Waals surface area contributed by atoms with Gasteiger partial charge in [0.15, 0.2) is 11.5 Å². The number of amides is 2. The van der Waals surface area contributed by atoms with E-state index in [2.05, 4.69) is 10.6 Å². The average molecular weight is 356 g/mol. The lowest BCUT2D eigenvalue weighted by atomic mass is 10.1. The van der Waals surface area contributed by atoms with Crippen molar-refractivity contribution < 1.29 is 19.1 Å². The molecule has 2 aromatic carbocycles. The molecule has 2 rings (SSSR count). The van der Waals surface area contributed by atoms with Crippen molar-refractivity contribution in [2.45, 2.75) is 19.8 Å². The molecular formula is C20H24N2O4. The van der Waals surface area contributed by atoms with Crippen LogP contribution in [0.15, 0.2) is 42.5 Å². The molecule has 138 valence electrons. The maximum absolute atomic E-state index is 12.3. The van der Waals surface area contributed by atoms with Crippen molar-refractivity contribution in [2.24, 2.45) is 0 Å². The van der Waals surface area contributed by atoms with E-state index in [1.807, 2.05) is 18.2 Å². The smallest absolute Gasteiger partial charge is 0.251 e. The Labute approximate surface area is 153 Å². The summed E-state index contributed by atoms with van der Waals surface area (Å²) < 4.78 is 10.5. The summed E-state index contributed by atoms with van der Waals surface area (Å²) in [5.74, 6) is 1.07. The second kappa shape index (κ2) is 9.46. The van der Waals surface area contributed by atoms with E-state index in [-0.39, 0.29) is 11.8 Å². The third-order valence-electron chi connectivity index (χ3n) is 3.88. The lowest BCUT2D eigenvalue weighted by Gasteiger charge is -2.10. The van der Waals surface area contributed by atoms with Crippen LogP contribution in [-0.4, -0.2) is 32.6 Å². The first-order valence-electron chi connectivity index (χ1n) is 8.46. The number of hydrogen-bond acceptors (Lipinski definition) is 4. The van der Waals surface area contributed by atoms with E-state index in [9.17, 15) is 9.59 Å². The third kappa shape index (κ3) is 5.24. The molecule has 6 nitrogen and oxygen atoms in total. The van der Waals surface area contributed by atoms with Gasteiger partial charge in [-0.2, -0.15) is 0 Å². The number of rotatable bonds is 8. The fraction of sp³-hybridized carbons (Fsp3) is 0.300. The molecular weight excluding hydrogens is 332 g/mol. The van der Waals surface area contributed by atoms with E-state index >= 15 is 0 Å². The highest BCUT2D eigenvalue weighted by Crippen LogP contribution is 2.27. The van der Waals surface area contributed by atoms with Crippen molar-refractivity contribution in [3.8, 4) is 11.5 Å². The summed E-state index contributed by atoms with van der Waals surface area (Å²) in [6.07, 6.45) is 1.06. The monoisotopic (exact) mass is 356 g/mol. The number of nitrogens with one attached hydrogen (secondary N) is 2. The highest BCUT2D eigenvalue weighted by molar-refractivity contribution is 5.97. The van der Waals surface area contributed by atoms with Crippen LogP contribution in [0.1, 0.15) is 29.3 Å². The van der Waals surface area contributed by atoms with E-state index in [0.29, 0.717) is 42.1 Å². The molecule has 26 heavy (non-hydrogen) atoms.